The van der Waals surface area contributed by atoms with Gasteiger partial charge in [-0.15, -0.1) is 0 Å². The van der Waals surface area contributed by atoms with E-state index >= 15 is 0 Å². The van der Waals surface area contributed by atoms with Crippen molar-refractivity contribution < 1.29 is 9.84 Å². The quantitative estimate of drug-likeness (QED) is 0.863. The van der Waals surface area contributed by atoms with Crippen molar-refractivity contribution in [3.8, 4) is 0 Å². The van der Waals surface area contributed by atoms with Gasteiger partial charge in [-0.25, -0.2) is 4.98 Å². The number of hydrogen-bond donors (Lipinski definition) is 1. The molecule has 1 atom stereocenters. The molecule has 0 amide bonds. The molecule has 0 aromatic carbocycles. The lowest BCUT2D eigenvalue weighted by Crippen LogP contribution is -2.59. The third kappa shape index (κ3) is 2.47. The average Bonchev–Trinajstić information content (AvgIpc) is 3.11. The lowest BCUT2D eigenvalue weighted by molar-refractivity contribution is -0.0760. The van der Waals surface area contributed by atoms with E-state index in [9.17, 15) is 5.11 Å². The standard InChI is InChI=1S/C14H24N4O2/c1-17-13(15-11-16-17)10-12(19)14(4-2-3-5-14)18-6-8-20-9-7-18/h11-12,19H,2-10H2,1H3. The molecule has 1 unspecified atom stereocenters. The van der Waals surface area contributed by atoms with E-state index in [1.54, 1.807) is 11.0 Å². The number of hydrogen-bond acceptors (Lipinski definition) is 5. The highest BCUT2D eigenvalue weighted by Gasteiger charge is 2.46. The van der Waals surface area contributed by atoms with Gasteiger partial charge in [0, 0.05) is 32.1 Å². The molecule has 2 heterocycles. The highest BCUT2D eigenvalue weighted by molar-refractivity contribution is 5.04. The molecule has 0 spiro atoms. The Morgan fingerprint density at radius 1 is 1.35 bits per heavy atom. The minimum Gasteiger partial charge on any atom is -0.391 e. The van der Waals surface area contributed by atoms with Crippen LogP contribution in [0.1, 0.15) is 31.5 Å². The summed E-state index contributed by atoms with van der Waals surface area (Å²) in [7, 11) is 1.88. The van der Waals surface area contributed by atoms with Gasteiger partial charge >= 0.3 is 0 Å². The monoisotopic (exact) mass is 280 g/mol. The second-order valence-corrected chi connectivity index (χ2v) is 5.93. The van der Waals surface area contributed by atoms with E-state index in [1.807, 2.05) is 7.05 Å². The number of aromatic nitrogens is 3. The van der Waals surface area contributed by atoms with Crippen LogP contribution >= 0.6 is 0 Å². The number of ether oxygens (including phenoxy) is 1. The molecule has 6 heteroatoms. The van der Waals surface area contributed by atoms with Crippen LogP contribution in [0.15, 0.2) is 6.33 Å². The molecular formula is C14H24N4O2. The zero-order valence-corrected chi connectivity index (χ0v) is 12.2. The summed E-state index contributed by atoms with van der Waals surface area (Å²) in [5.74, 6) is 0.858. The SMILES string of the molecule is Cn1ncnc1CC(O)C1(N2CCOCC2)CCCC1. The van der Waals surface area contributed by atoms with Crippen molar-refractivity contribution in [2.45, 2.75) is 43.7 Å². The van der Waals surface area contributed by atoms with Gasteiger partial charge in [0.2, 0.25) is 0 Å². The van der Waals surface area contributed by atoms with Crippen molar-refractivity contribution in [1.82, 2.24) is 19.7 Å². The molecule has 6 nitrogen and oxygen atoms in total. The van der Waals surface area contributed by atoms with Gasteiger partial charge < -0.3 is 9.84 Å². The van der Waals surface area contributed by atoms with Crippen LogP contribution < -0.4 is 0 Å². The second kappa shape index (κ2) is 5.79. The molecule has 1 aliphatic carbocycles. The van der Waals surface area contributed by atoms with E-state index in [-0.39, 0.29) is 11.6 Å². The number of aliphatic hydroxyl groups excluding tert-OH is 1. The van der Waals surface area contributed by atoms with Crippen LogP contribution in [0.3, 0.4) is 0 Å². The maximum Gasteiger partial charge on any atom is 0.138 e. The Morgan fingerprint density at radius 2 is 2.05 bits per heavy atom. The molecule has 1 aliphatic heterocycles. The van der Waals surface area contributed by atoms with Crippen LogP contribution in [-0.4, -0.2) is 62.7 Å². The molecular weight excluding hydrogens is 256 g/mol. The minimum atomic E-state index is -0.383. The van der Waals surface area contributed by atoms with Crippen molar-refractivity contribution >= 4 is 0 Å². The Kier molecular flexibility index (Phi) is 4.05. The highest BCUT2D eigenvalue weighted by atomic mass is 16.5. The van der Waals surface area contributed by atoms with Gasteiger partial charge in [-0.1, -0.05) is 12.8 Å². The van der Waals surface area contributed by atoms with E-state index in [0.29, 0.717) is 6.42 Å². The van der Waals surface area contributed by atoms with Crippen LogP contribution in [-0.2, 0) is 18.2 Å². The predicted octanol–water partition coefficient (Wildman–Crippen LogP) is 0.363. The largest absolute Gasteiger partial charge is 0.391 e. The van der Waals surface area contributed by atoms with Crippen LogP contribution in [0.25, 0.3) is 0 Å². The molecule has 0 radical (unpaired) electrons. The molecule has 2 fully saturated rings. The summed E-state index contributed by atoms with van der Waals surface area (Å²) < 4.78 is 7.21. The summed E-state index contributed by atoms with van der Waals surface area (Å²) in [6.07, 6.45) is 6.30. The van der Waals surface area contributed by atoms with Gasteiger partial charge in [0.25, 0.3) is 0 Å². The van der Waals surface area contributed by atoms with E-state index in [2.05, 4.69) is 15.0 Å². The third-order valence-electron chi connectivity index (χ3n) is 4.91. The first-order valence-electron chi connectivity index (χ1n) is 7.56. The van der Waals surface area contributed by atoms with Crippen molar-refractivity contribution in [2.75, 3.05) is 26.3 Å². The van der Waals surface area contributed by atoms with Gasteiger partial charge in [-0.05, 0) is 12.8 Å². The Balaban J connectivity index is 1.77. The number of nitrogens with zero attached hydrogens (tertiary/aromatic N) is 4. The van der Waals surface area contributed by atoms with Gasteiger partial charge in [-0.3, -0.25) is 9.58 Å². The smallest absolute Gasteiger partial charge is 0.138 e. The van der Waals surface area contributed by atoms with Gasteiger partial charge in [0.1, 0.15) is 12.2 Å². The van der Waals surface area contributed by atoms with Crippen LogP contribution in [0, 0.1) is 0 Å². The van der Waals surface area contributed by atoms with E-state index in [1.165, 1.54) is 12.8 Å². The molecule has 112 valence electrons. The minimum absolute atomic E-state index is 0.0876. The van der Waals surface area contributed by atoms with Crippen LogP contribution in [0.2, 0.25) is 0 Å². The number of aryl methyl sites for hydroxylation is 1. The summed E-state index contributed by atoms with van der Waals surface area (Å²) >= 11 is 0. The van der Waals surface area contributed by atoms with Crippen molar-refractivity contribution in [1.29, 1.82) is 0 Å². The molecule has 1 saturated carbocycles. The lowest BCUT2D eigenvalue weighted by Gasteiger charge is -2.46. The topological polar surface area (TPSA) is 63.4 Å². The predicted molar refractivity (Wildman–Crippen MR) is 74.3 cm³/mol. The summed E-state index contributed by atoms with van der Waals surface area (Å²) in [6, 6.07) is 0. The van der Waals surface area contributed by atoms with E-state index in [0.717, 1.165) is 45.0 Å². The normalized spacial score (nSPS) is 24.9. The zero-order valence-electron chi connectivity index (χ0n) is 12.2. The maximum absolute atomic E-state index is 10.9. The summed E-state index contributed by atoms with van der Waals surface area (Å²) in [5, 5.41) is 15.0. The number of morpholine rings is 1. The Morgan fingerprint density at radius 3 is 2.65 bits per heavy atom. The fourth-order valence-electron chi connectivity index (χ4n) is 3.72. The molecule has 0 bridgehead atoms. The Labute approximate surface area is 119 Å². The average molecular weight is 280 g/mol. The maximum atomic E-state index is 10.9. The molecule has 20 heavy (non-hydrogen) atoms. The summed E-state index contributed by atoms with van der Waals surface area (Å²) in [5.41, 5.74) is -0.0876. The molecule has 3 rings (SSSR count). The van der Waals surface area contributed by atoms with Crippen molar-refractivity contribution in [3.63, 3.8) is 0 Å². The molecule has 1 saturated heterocycles. The summed E-state index contributed by atoms with van der Waals surface area (Å²) in [6.45, 7) is 3.41. The van der Waals surface area contributed by atoms with Gasteiger partial charge in [-0.2, -0.15) is 5.10 Å². The van der Waals surface area contributed by atoms with Gasteiger partial charge in [0.05, 0.1) is 19.3 Å². The van der Waals surface area contributed by atoms with E-state index < -0.39 is 0 Å². The van der Waals surface area contributed by atoms with Crippen LogP contribution in [0.5, 0.6) is 0 Å². The Hall–Kier alpha value is -0.980. The highest BCUT2D eigenvalue weighted by Crippen LogP contribution is 2.39. The molecule has 1 aromatic heterocycles. The number of aliphatic hydroxyl groups is 1. The second-order valence-electron chi connectivity index (χ2n) is 5.93. The lowest BCUT2D eigenvalue weighted by atomic mass is 9.85. The number of rotatable bonds is 4. The summed E-state index contributed by atoms with van der Waals surface area (Å²) in [4.78, 5) is 6.70. The molecule has 1 N–H and O–H groups in total. The zero-order chi connectivity index (χ0) is 14.0. The first-order valence-corrected chi connectivity index (χ1v) is 7.56. The first kappa shape index (κ1) is 14.0. The van der Waals surface area contributed by atoms with Crippen molar-refractivity contribution in [3.05, 3.63) is 12.2 Å². The molecule has 1 aromatic rings. The fraction of sp³-hybridized carbons (Fsp3) is 0.857. The van der Waals surface area contributed by atoms with Crippen LogP contribution in [0.4, 0.5) is 0 Å². The molecule has 2 aliphatic rings. The fourth-order valence-corrected chi connectivity index (χ4v) is 3.72. The van der Waals surface area contributed by atoms with Crippen molar-refractivity contribution in [2.24, 2.45) is 7.05 Å². The first-order chi connectivity index (χ1) is 9.72. The van der Waals surface area contributed by atoms with E-state index in [4.69, 9.17) is 4.74 Å². The third-order valence-corrected chi connectivity index (χ3v) is 4.91. The Bertz CT molecular complexity index is 436. The van der Waals surface area contributed by atoms with Gasteiger partial charge in [0.15, 0.2) is 0 Å².